The van der Waals surface area contributed by atoms with Gasteiger partial charge in [0.1, 0.15) is 5.82 Å². The van der Waals surface area contributed by atoms with Crippen molar-refractivity contribution in [2.75, 3.05) is 49.2 Å². The second kappa shape index (κ2) is 6.88. The van der Waals surface area contributed by atoms with Crippen LogP contribution in [0.5, 0.6) is 0 Å². The van der Waals surface area contributed by atoms with Gasteiger partial charge in [-0.1, -0.05) is 0 Å². The molecule has 0 spiro atoms. The summed E-state index contributed by atoms with van der Waals surface area (Å²) in [6.07, 6.45) is 0. The molecule has 0 atom stereocenters. The topological polar surface area (TPSA) is 61.6 Å². The molecule has 6 heteroatoms. The summed E-state index contributed by atoms with van der Waals surface area (Å²) in [4.78, 5) is 16.9. The monoisotopic (exact) mass is 328 g/mol. The average molecular weight is 328 g/mol. The number of hydrogen-bond acceptors (Lipinski definition) is 4. The van der Waals surface area contributed by atoms with E-state index in [0.717, 1.165) is 31.9 Å². The summed E-state index contributed by atoms with van der Waals surface area (Å²) < 4.78 is 13.1. The Morgan fingerprint density at radius 1 is 1.08 bits per heavy atom. The molecule has 0 saturated carbocycles. The van der Waals surface area contributed by atoms with E-state index in [9.17, 15) is 9.18 Å². The molecule has 1 aliphatic rings. The second-order valence-electron chi connectivity index (χ2n) is 6.02. The molecule has 0 bridgehead atoms. The molecule has 1 fully saturated rings. The summed E-state index contributed by atoms with van der Waals surface area (Å²) in [5, 5.41) is 2.71. The molecule has 2 aromatic carbocycles. The molecule has 0 aromatic heterocycles. The van der Waals surface area contributed by atoms with Crippen LogP contribution in [-0.4, -0.2) is 44.0 Å². The van der Waals surface area contributed by atoms with Gasteiger partial charge in [-0.15, -0.1) is 0 Å². The van der Waals surface area contributed by atoms with Gasteiger partial charge in [0.05, 0.1) is 11.4 Å². The molecule has 1 amide bonds. The van der Waals surface area contributed by atoms with Gasteiger partial charge in [-0.25, -0.2) is 4.39 Å². The number of halogens is 1. The molecule has 3 rings (SSSR count). The SMILES string of the molecule is CN1CCN(c2ccc(C(=O)Nc3ccc(F)cc3N)cc2)CC1. The number of anilines is 3. The van der Waals surface area contributed by atoms with Crippen LogP contribution in [0.1, 0.15) is 10.4 Å². The van der Waals surface area contributed by atoms with E-state index in [0.29, 0.717) is 11.3 Å². The standard InChI is InChI=1S/C18H21FN4O/c1-22-8-10-23(11-9-22)15-5-2-13(3-6-15)18(24)21-17-7-4-14(19)12-16(17)20/h2-7,12H,8-11,20H2,1H3,(H,21,24). The fraction of sp³-hybridized carbons (Fsp3) is 0.278. The number of carbonyl (C=O) groups is 1. The van der Waals surface area contributed by atoms with Gasteiger partial charge in [0.15, 0.2) is 0 Å². The lowest BCUT2D eigenvalue weighted by atomic mass is 10.1. The Morgan fingerprint density at radius 2 is 1.75 bits per heavy atom. The predicted molar refractivity (Wildman–Crippen MR) is 94.9 cm³/mol. The number of nitrogens with zero attached hydrogens (tertiary/aromatic N) is 2. The molecule has 1 aliphatic heterocycles. The predicted octanol–water partition coefficient (Wildman–Crippen LogP) is 2.41. The minimum Gasteiger partial charge on any atom is -0.397 e. The molecule has 5 nitrogen and oxygen atoms in total. The van der Waals surface area contributed by atoms with E-state index in [-0.39, 0.29) is 11.6 Å². The summed E-state index contributed by atoms with van der Waals surface area (Å²) in [7, 11) is 2.12. The first-order chi connectivity index (χ1) is 11.5. The maximum atomic E-state index is 13.1. The van der Waals surface area contributed by atoms with E-state index >= 15 is 0 Å². The summed E-state index contributed by atoms with van der Waals surface area (Å²) >= 11 is 0. The van der Waals surface area contributed by atoms with Gasteiger partial charge in [-0.3, -0.25) is 4.79 Å². The average Bonchev–Trinajstić information content (AvgIpc) is 2.58. The minimum absolute atomic E-state index is 0.206. The number of hydrogen-bond donors (Lipinski definition) is 2. The molecule has 0 aliphatic carbocycles. The highest BCUT2D eigenvalue weighted by molar-refractivity contribution is 6.05. The molecular weight excluding hydrogens is 307 g/mol. The number of amides is 1. The zero-order valence-electron chi connectivity index (χ0n) is 13.6. The lowest BCUT2D eigenvalue weighted by Gasteiger charge is -2.34. The molecule has 0 radical (unpaired) electrons. The summed E-state index contributed by atoms with van der Waals surface area (Å²) in [5.41, 5.74) is 7.98. The molecular formula is C18H21FN4O. The van der Waals surface area contributed by atoms with Crippen LogP contribution < -0.4 is 16.0 Å². The van der Waals surface area contributed by atoms with Crippen LogP contribution >= 0.6 is 0 Å². The van der Waals surface area contributed by atoms with Gasteiger partial charge in [-0.05, 0) is 49.5 Å². The van der Waals surface area contributed by atoms with Crippen LogP contribution in [-0.2, 0) is 0 Å². The number of nitrogens with two attached hydrogens (primary N) is 1. The van der Waals surface area contributed by atoms with Crippen molar-refractivity contribution < 1.29 is 9.18 Å². The van der Waals surface area contributed by atoms with Gasteiger partial charge in [0.2, 0.25) is 0 Å². The van der Waals surface area contributed by atoms with Crippen molar-refractivity contribution in [3.63, 3.8) is 0 Å². The number of benzene rings is 2. The van der Waals surface area contributed by atoms with E-state index < -0.39 is 5.82 Å². The molecule has 3 N–H and O–H groups in total. The third kappa shape index (κ3) is 3.65. The van der Waals surface area contributed by atoms with Gasteiger partial charge >= 0.3 is 0 Å². The van der Waals surface area contributed by atoms with Crippen LogP contribution in [0.2, 0.25) is 0 Å². The van der Waals surface area contributed by atoms with E-state index in [1.165, 1.54) is 18.2 Å². The maximum absolute atomic E-state index is 13.1. The molecule has 1 heterocycles. The molecule has 1 saturated heterocycles. The third-order valence-corrected chi connectivity index (χ3v) is 4.26. The number of piperazine rings is 1. The van der Waals surface area contributed by atoms with Gasteiger partial charge < -0.3 is 20.9 Å². The van der Waals surface area contributed by atoms with Crippen LogP contribution in [0.15, 0.2) is 42.5 Å². The zero-order chi connectivity index (χ0) is 17.1. The molecule has 2 aromatic rings. The van der Waals surface area contributed by atoms with E-state index in [1.807, 2.05) is 12.1 Å². The Kier molecular flexibility index (Phi) is 4.66. The smallest absolute Gasteiger partial charge is 0.255 e. The Bertz CT molecular complexity index is 724. The third-order valence-electron chi connectivity index (χ3n) is 4.26. The highest BCUT2D eigenvalue weighted by Gasteiger charge is 2.15. The summed E-state index contributed by atoms with van der Waals surface area (Å²) in [5.74, 6) is -0.694. The van der Waals surface area contributed by atoms with Gasteiger partial charge in [0, 0.05) is 37.4 Å². The number of nitrogens with one attached hydrogen (secondary N) is 1. The van der Waals surface area contributed by atoms with E-state index in [2.05, 4.69) is 22.2 Å². The van der Waals surface area contributed by atoms with Crippen molar-refractivity contribution >= 4 is 23.0 Å². The second-order valence-corrected chi connectivity index (χ2v) is 6.02. The Morgan fingerprint density at radius 3 is 2.38 bits per heavy atom. The fourth-order valence-electron chi connectivity index (χ4n) is 2.73. The van der Waals surface area contributed by atoms with Crippen LogP contribution in [0, 0.1) is 5.82 Å². The lowest BCUT2D eigenvalue weighted by molar-refractivity contribution is 0.102. The van der Waals surface area contributed by atoms with Crippen molar-refractivity contribution in [2.24, 2.45) is 0 Å². The first kappa shape index (κ1) is 16.3. The molecule has 24 heavy (non-hydrogen) atoms. The Labute approximate surface area is 140 Å². The number of likely N-dealkylation sites (N-methyl/N-ethyl adjacent to an activating group) is 1. The normalized spacial score (nSPS) is 15.3. The van der Waals surface area contributed by atoms with Crippen LogP contribution in [0.3, 0.4) is 0 Å². The number of rotatable bonds is 3. The Hall–Kier alpha value is -2.60. The van der Waals surface area contributed by atoms with Crippen LogP contribution in [0.4, 0.5) is 21.5 Å². The van der Waals surface area contributed by atoms with E-state index in [1.54, 1.807) is 12.1 Å². The van der Waals surface area contributed by atoms with Crippen molar-refractivity contribution in [3.8, 4) is 0 Å². The quantitative estimate of drug-likeness (QED) is 0.850. The maximum Gasteiger partial charge on any atom is 0.255 e. The minimum atomic E-state index is -0.429. The van der Waals surface area contributed by atoms with Crippen molar-refractivity contribution in [1.82, 2.24) is 4.90 Å². The van der Waals surface area contributed by atoms with Crippen LogP contribution in [0.25, 0.3) is 0 Å². The first-order valence-electron chi connectivity index (χ1n) is 7.93. The summed E-state index contributed by atoms with van der Waals surface area (Å²) in [6.45, 7) is 4.03. The zero-order valence-corrected chi connectivity index (χ0v) is 13.6. The van der Waals surface area contributed by atoms with E-state index in [4.69, 9.17) is 5.73 Å². The highest BCUT2D eigenvalue weighted by Crippen LogP contribution is 2.21. The molecule has 126 valence electrons. The van der Waals surface area contributed by atoms with Gasteiger partial charge in [0.25, 0.3) is 5.91 Å². The number of carbonyl (C=O) groups excluding carboxylic acids is 1. The van der Waals surface area contributed by atoms with Crippen molar-refractivity contribution in [1.29, 1.82) is 0 Å². The van der Waals surface area contributed by atoms with Gasteiger partial charge in [-0.2, -0.15) is 0 Å². The molecule has 0 unspecified atom stereocenters. The highest BCUT2D eigenvalue weighted by atomic mass is 19.1. The largest absolute Gasteiger partial charge is 0.397 e. The number of nitrogen functional groups attached to an aromatic ring is 1. The fourth-order valence-corrected chi connectivity index (χ4v) is 2.73. The van der Waals surface area contributed by atoms with Crippen molar-refractivity contribution in [2.45, 2.75) is 0 Å². The Balaban J connectivity index is 1.67. The first-order valence-corrected chi connectivity index (χ1v) is 7.93. The summed E-state index contributed by atoms with van der Waals surface area (Å²) in [6, 6.07) is 11.4. The van der Waals surface area contributed by atoms with Crippen molar-refractivity contribution in [3.05, 3.63) is 53.8 Å². The lowest BCUT2D eigenvalue weighted by Crippen LogP contribution is -2.44.